The number of amides is 1. The van der Waals surface area contributed by atoms with Gasteiger partial charge < -0.3 is 19.6 Å². The van der Waals surface area contributed by atoms with Crippen LogP contribution in [0.4, 0.5) is 10.6 Å². The molecule has 1 fully saturated rings. The molecule has 1 aromatic heterocycles. The predicted octanol–water partition coefficient (Wildman–Crippen LogP) is 2.63. The maximum atomic E-state index is 12.5. The number of aryl methyl sites for hydroxylation is 1. The number of anilines is 1. The Hall–Kier alpha value is -2.88. The Kier molecular flexibility index (Phi) is 5.23. The molecular weight excluding hydrogens is 444 g/mol. The highest BCUT2D eigenvalue weighted by Gasteiger charge is 2.44. The number of rotatable bonds is 2. The number of fused-ring (bicyclic) bond motifs is 3. The maximum Gasteiger partial charge on any atom is 0.407 e. The van der Waals surface area contributed by atoms with Crippen molar-refractivity contribution in [1.82, 2.24) is 14.9 Å². The van der Waals surface area contributed by atoms with E-state index in [-0.39, 0.29) is 11.2 Å². The molecule has 1 aromatic carbocycles. The van der Waals surface area contributed by atoms with Crippen LogP contribution < -0.4 is 9.64 Å². The van der Waals surface area contributed by atoms with Gasteiger partial charge in [0.15, 0.2) is 0 Å². The molecule has 2 atom stereocenters. The number of ether oxygens (including phenoxy) is 1. The zero-order chi connectivity index (χ0) is 23.4. The Morgan fingerprint density at radius 3 is 2.70 bits per heavy atom. The average molecular weight is 473 g/mol. The number of nitrogens with zero attached hydrogens (tertiary/aromatic N) is 4. The average Bonchev–Trinajstić information content (AvgIpc) is 2.78. The third-order valence-electron chi connectivity index (χ3n) is 7.03. The Bertz CT molecular complexity index is 1220. The fourth-order valence-electron chi connectivity index (χ4n) is 5.40. The Morgan fingerprint density at radius 1 is 1.18 bits per heavy atom. The van der Waals surface area contributed by atoms with Gasteiger partial charge in [0, 0.05) is 31.9 Å². The molecule has 1 amide bonds. The van der Waals surface area contributed by atoms with Crippen molar-refractivity contribution in [1.29, 1.82) is 0 Å². The molecule has 3 heterocycles. The molecule has 176 valence electrons. The lowest BCUT2D eigenvalue weighted by atomic mass is 9.75. The summed E-state index contributed by atoms with van der Waals surface area (Å²) in [5.41, 5.74) is 2.71. The lowest BCUT2D eigenvalue weighted by Crippen LogP contribution is -2.54. The van der Waals surface area contributed by atoms with Gasteiger partial charge in [-0.1, -0.05) is 24.3 Å². The first-order valence-electron chi connectivity index (χ1n) is 11.3. The number of hydrogen-bond donors (Lipinski definition) is 1. The van der Waals surface area contributed by atoms with Gasteiger partial charge in [0.25, 0.3) is 5.16 Å². The van der Waals surface area contributed by atoms with Gasteiger partial charge in [0.2, 0.25) is 15.7 Å². The van der Waals surface area contributed by atoms with Crippen LogP contribution in [0.2, 0.25) is 0 Å². The minimum absolute atomic E-state index is 0.160. The van der Waals surface area contributed by atoms with E-state index in [4.69, 9.17) is 4.74 Å². The number of aromatic nitrogens is 2. The minimum atomic E-state index is -3.68. The van der Waals surface area contributed by atoms with Gasteiger partial charge in [-0.15, -0.1) is 0 Å². The molecule has 0 bridgehead atoms. The minimum Gasteiger partial charge on any atom is -0.466 e. The van der Waals surface area contributed by atoms with Crippen molar-refractivity contribution in [2.45, 2.75) is 55.8 Å². The lowest BCUT2D eigenvalue weighted by molar-refractivity contribution is 0.0191. The largest absolute Gasteiger partial charge is 0.466 e. The highest BCUT2D eigenvalue weighted by Crippen LogP contribution is 2.47. The summed E-state index contributed by atoms with van der Waals surface area (Å²) in [5, 5.41) is 9.10. The van der Waals surface area contributed by atoms with E-state index in [0.29, 0.717) is 37.8 Å². The topological polar surface area (TPSA) is 113 Å². The fourth-order valence-corrected chi connectivity index (χ4v) is 5.90. The Labute approximate surface area is 193 Å². The Morgan fingerprint density at radius 2 is 1.97 bits per heavy atom. The number of piperazine rings is 1. The molecule has 5 rings (SSSR count). The van der Waals surface area contributed by atoms with Crippen molar-refractivity contribution in [3.05, 3.63) is 41.0 Å². The quantitative estimate of drug-likeness (QED) is 0.664. The number of carbonyl (C=O) groups is 1. The van der Waals surface area contributed by atoms with Crippen molar-refractivity contribution >= 4 is 21.7 Å². The van der Waals surface area contributed by atoms with Crippen molar-refractivity contribution in [3.63, 3.8) is 0 Å². The van der Waals surface area contributed by atoms with E-state index in [2.05, 4.69) is 22.1 Å². The highest BCUT2D eigenvalue weighted by molar-refractivity contribution is 7.90. The molecule has 1 N–H and O–H groups in total. The zero-order valence-corrected chi connectivity index (χ0v) is 19.6. The van der Waals surface area contributed by atoms with Crippen LogP contribution in [0.1, 0.15) is 42.9 Å². The molecule has 3 aliphatic rings. The van der Waals surface area contributed by atoms with Crippen LogP contribution >= 0.6 is 0 Å². The second-order valence-electron chi connectivity index (χ2n) is 9.26. The second-order valence-corrected chi connectivity index (χ2v) is 11.2. The van der Waals surface area contributed by atoms with Gasteiger partial charge in [-0.25, -0.2) is 18.2 Å². The molecule has 1 aliphatic carbocycles. The molecule has 9 nitrogen and oxygen atoms in total. The summed E-state index contributed by atoms with van der Waals surface area (Å²) >= 11 is 0. The standard InChI is InChI=1S/C23H28N4O5S/c1-15-14-26(22(28)29)12-13-27(15)19-17-9-11-23(10-5-7-16-6-3-4-8-18(16)23)32-20(17)25-21(24-19)33(2,30)31/h3-4,6,8,15H,5,7,9-14H2,1-2H3,(H,28,29)/t15-,23?/m0/s1. The summed E-state index contributed by atoms with van der Waals surface area (Å²) in [6, 6.07) is 8.13. The van der Waals surface area contributed by atoms with Gasteiger partial charge in [-0.2, -0.15) is 4.98 Å². The molecule has 10 heteroatoms. The molecule has 1 saturated heterocycles. The molecule has 0 radical (unpaired) electrons. The van der Waals surface area contributed by atoms with Crippen LogP contribution in [0.25, 0.3) is 0 Å². The fraction of sp³-hybridized carbons (Fsp3) is 0.522. The third-order valence-corrected chi connectivity index (χ3v) is 7.88. The first-order chi connectivity index (χ1) is 15.7. The molecule has 1 spiro atoms. The van der Waals surface area contributed by atoms with Crippen LogP contribution in [-0.4, -0.2) is 66.4 Å². The zero-order valence-electron chi connectivity index (χ0n) is 18.8. The second kappa shape index (κ2) is 7.86. The summed E-state index contributed by atoms with van der Waals surface area (Å²) in [6.07, 6.45) is 4.41. The molecule has 1 unspecified atom stereocenters. The number of benzene rings is 1. The molecular formula is C23H28N4O5S. The number of sulfone groups is 1. The molecule has 2 aliphatic heterocycles. The predicted molar refractivity (Wildman–Crippen MR) is 122 cm³/mol. The SMILES string of the molecule is C[C@H]1CN(C(=O)O)CCN1c1nc(S(C)(=O)=O)nc2c1CCC1(CCCc3ccccc31)O2. The summed E-state index contributed by atoms with van der Waals surface area (Å²) in [5.74, 6) is 0.869. The van der Waals surface area contributed by atoms with Gasteiger partial charge in [-0.3, -0.25) is 0 Å². The van der Waals surface area contributed by atoms with Crippen molar-refractivity contribution in [2.24, 2.45) is 0 Å². The van der Waals surface area contributed by atoms with Gasteiger partial charge in [0.1, 0.15) is 11.4 Å². The van der Waals surface area contributed by atoms with Gasteiger partial charge in [0.05, 0.1) is 5.56 Å². The van der Waals surface area contributed by atoms with E-state index < -0.39 is 21.5 Å². The summed E-state index contributed by atoms with van der Waals surface area (Å²) < 4.78 is 31.5. The van der Waals surface area contributed by atoms with Crippen molar-refractivity contribution in [2.75, 3.05) is 30.8 Å². The van der Waals surface area contributed by atoms with E-state index in [1.54, 1.807) is 0 Å². The Balaban J connectivity index is 1.58. The van der Waals surface area contributed by atoms with E-state index in [1.807, 2.05) is 24.0 Å². The van der Waals surface area contributed by atoms with Gasteiger partial charge >= 0.3 is 6.09 Å². The van der Waals surface area contributed by atoms with E-state index >= 15 is 0 Å². The summed E-state index contributed by atoms with van der Waals surface area (Å²) in [6.45, 7) is 2.99. The van der Waals surface area contributed by atoms with Gasteiger partial charge in [-0.05, 0) is 50.2 Å². The van der Waals surface area contributed by atoms with E-state index in [9.17, 15) is 18.3 Å². The first-order valence-corrected chi connectivity index (χ1v) is 13.2. The monoisotopic (exact) mass is 472 g/mol. The molecule has 33 heavy (non-hydrogen) atoms. The smallest absolute Gasteiger partial charge is 0.407 e. The van der Waals surface area contributed by atoms with E-state index in [0.717, 1.165) is 43.1 Å². The molecule has 0 saturated carbocycles. The maximum absolute atomic E-state index is 12.5. The van der Waals surface area contributed by atoms with E-state index in [1.165, 1.54) is 10.5 Å². The number of carboxylic acid groups (broad SMARTS) is 1. The lowest BCUT2D eigenvalue weighted by Gasteiger charge is -2.44. The number of hydrogen-bond acceptors (Lipinski definition) is 7. The highest BCUT2D eigenvalue weighted by atomic mass is 32.2. The normalized spacial score (nSPS) is 24.7. The van der Waals surface area contributed by atoms with Crippen LogP contribution in [-0.2, 0) is 28.3 Å². The first kappa shape index (κ1) is 21.9. The van der Waals surface area contributed by atoms with Crippen molar-refractivity contribution < 1.29 is 23.1 Å². The van der Waals surface area contributed by atoms with Crippen LogP contribution in [0.5, 0.6) is 5.88 Å². The van der Waals surface area contributed by atoms with Crippen LogP contribution in [0.3, 0.4) is 0 Å². The third kappa shape index (κ3) is 3.80. The summed E-state index contributed by atoms with van der Waals surface area (Å²) in [4.78, 5) is 23.6. The van der Waals surface area contributed by atoms with Crippen molar-refractivity contribution in [3.8, 4) is 5.88 Å². The molecule has 2 aromatic rings. The van der Waals surface area contributed by atoms with Crippen LogP contribution in [0, 0.1) is 0 Å². The van der Waals surface area contributed by atoms with Crippen LogP contribution in [0.15, 0.2) is 29.4 Å². The summed E-state index contributed by atoms with van der Waals surface area (Å²) in [7, 11) is -3.68.